The molecule has 1 aliphatic rings. The highest BCUT2D eigenvalue weighted by Gasteiger charge is 2.41. The third-order valence-electron chi connectivity index (χ3n) is 3.72. The van der Waals surface area contributed by atoms with Crippen LogP contribution in [-0.4, -0.2) is 47.5 Å². The Hall–Kier alpha value is -0.633. The summed E-state index contributed by atoms with van der Waals surface area (Å²) in [5.74, 6) is 0.507. The molecule has 0 aromatic rings. The van der Waals surface area contributed by atoms with Crippen molar-refractivity contribution in [2.45, 2.75) is 52.9 Å². The van der Waals surface area contributed by atoms with Gasteiger partial charge in [0.25, 0.3) is 0 Å². The highest BCUT2D eigenvalue weighted by atomic mass is 28.4. The molecule has 0 aliphatic heterocycles. The Morgan fingerprint density at radius 2 is 1.55 bits per heavy atom. The normalized spacial score (nSPS) is 16.5. The third kappa shape index (κ3) is 7.08. The van der Waals surface area contributed by atoms with Gasteiger partial charge in [0.05, 0.1) is 12.8 Å². The Labute approximate surface area is 135 Å². The van der Waals surface area contributed by atoms with E-state index >= 15 is 0 Å². The molecule has 0 saturated heterocycles. The zero-order valence-electron chi connectivity index (χ0n) is 14.2. The molecule has 1 rings (SSSR count). The molecule has 22 heavy (non-hydrogen) atoms. The maximum Gasteiger partial charge on any atom is 0.521 e. The summed E-state index contributed by atoms with van der Waals surface area (Å²) in [5, 5.41) is 2.74. The van der Waals surface area contributed by atoms with Gasteiger partial charge in [-0.05, 0) is 39.5 Å². The molecule has 130 valence electrons. The molecule has 0 aromatic heterocycles. The highest BCUT2D eigenvalue weighted by Crippen LogP contribution is 2.23. The summed E-state index contributed by atoms with van der Waals surface area (Å²) in [5.41, 5.74) is 0. The average Bonchev–Trinajstić information content (AvgIpc) is 2.53. The van der Waals surface area contributed by atoms with Crippen molar-refractivity contribution >= 4 is 14.9 Å². The Balaban J connectivity index is 2.36. The lowest BCUT2D eigenvalue weighted by Gasteiger charge is -2.28. The van der Waals surface area contributed by atoms with Crippen molar-refractivity contribution in [3.8, 4) is 0 Å². The molecule has 1 saturated carbocycles. The SMILES string of the molecule is CCO[Si](CNC(=O)OCC1CCCCC1)(OCC)OCC. The lowest BCUT2D eigenvalue weighted by atomic mass is 9.90. The first-order chi connectivity index (χ1) is 10.7. The first-order valence-electron chi connectivity index (χ1n) is 8.48. The lowest BCUT2D eigenvalue weighted by molar-refractivity contribution is 0.0673. The van der Waals surface area contributed by atoms with Gasteiger partial charge < -0.3 is 23.3 Å². The van der Waals surface area contributed by atoms with Gasteiger partial charge in [0.2, 0.25) is 0 Å². The van der Waals surface area contributed by atoms with Crippen molar-refractivity contribution in [3.63, 3.8) is 0 Å². The number of ether oxygens (including phenoxy) is 1. The van der Waals surface area contributed by atoms with Gasteiger partial charge in [0.1, 0.15) is 0 Å². The molecule has 6 nitrogen and oxygen atoms in total. The maximum atomic E-state index is 11.9. The number of hydrogen-bond donors (Lipinski definition) is 1. The molecular formula is C15H31NO5Si. The molecular weight excluding hydrogens is 302 g/mol. The summed E-state index contributed by atoms with van der Waals surface area (Å²) >= 11 is 0. The second-order valence-electron chi connectivity index (χ2n) is 5.44. The zero-order chi connectivity index (χ0) is 16.3. The topological polar surface area (TPSA) is 66.0 Å². The van der Waals surface area contributed by atoms with Crippen molar-refractivity contribution < 1.29 is 22.8 Å². The molecule has 0 heterocycles. The van der Waals surface area contributed by atoms with Crippen molar-refractivity contribution in [1.82, 2.24) is 5.32 Å². The van der Waals surface area contributed by atoms with Crippen molar-refractivity contribution in [1.29, 1.82) is 0 Å². The Bertz CT molecular complexity index is 293. The van der Waals surface area contributed by atoms with E-state index in [1.165, 1.54) is 19.3 Å². The number of alkyl carbamates (subject to hydrolysis) is 1. The predicted molar refractivity (Wildman–Crippen MR) is 86.6 cm³/mol. The number of rotatable bonds is 10. The van der Waals surface area contributed by atoms with Crippen LogP contribution in [0.25, 0.3) is 0 Å². The van der Waals surface area contributed by atoms with Crippen LogP contribution in [0, 0.1) is 5.92 Å². The van der Waals surface area contributed by atoms with Gasteiger partial charge in [-0.2, -0.15) is 0 Å². The van der Waals surface area contributed by atoms with Crippen LogP contribution in [0.1, 0.15) is 52.9 Å². The van der Waals surface area contributed by atoms with E-state index in [1.54, 1.807) is 0 Å². The van der Waals surface area contributed by atoms with Crippen LogP contribution in [-0.2, 0) is 18.0 Å². The van der Waals surface area contributed by atoms with Crippen LogP contribution in [0.4, 0.5) is 4.79 Å². The van der Waals surface area contributed by atoms with Gasteiger partial charge in [-0.1, -0.05) is 19.3 Å². The lowest BCUT2D eigenvalue weighted by Crippen LogP contribution is -2.55. The van der Waals surface area contributed by atoms with E-state index in [4.69, 9.17) is 18.0 Å². The standard InChI is InChI=1S/C15H31NO5Si/c1-4-19-22(20-5-2,21-6-3)13-16-15(17)18-12-14-10-8-7-9-11-14/h14H,4-13H2,1-3H3,(H,16,17). The second-order valence-corrected chi connectivity index (χ2v) is 8.02. The summed E-state index contributed by atoms with van der Waals surface area (Å²) in [4.78, 5) is 11.9. The molecule has 1 N–H and O–H groups in total. The quantitative estimate of drug-likeness (QED) is 0.623. The molecule has 0 radical (unpaired) electrons. The molecule has 0 aromatic carbocycles. The van der Waals surface area contributed by atoms with Crippen LogP contribution in [0.2, 0.25) is 0 Å². The fourth-order valence-corrected chi connectivity index (χ4v) is 4.95. The first-order valence-corrected chi connectivity index (χ1v) is 10.4. The van der Waals surface area contributed by atoms with E-state index in [2.05, 4.69) is 5.32 Å². The molecule has 0 atom stereocenters. The van der Waals surface area contributed by atoms with Crippen molar-refractivity contribution in [3.05, 3.63) is 0 Å². The molecule has 1 aliphatic carbocycles. The first kappa shape index (κ1) is 19.4. The smallest absolute Gasteiger partial charge is 0.449 e. The van der Waals surface area contributed by atoms with Crippen molar-refractivity contribution in [2.24, 2.45) is 5.92 Å². The van der Waals surface area contributed by atoms with Crippen LogP contribution < -0.4 is 5.32 Å². The van der Waals surface area contributed by atoms with E-state index in [1.807, 2.05) is 20.8 Å². The van der Waals surface area contributed by atoms with Crippen LogP contribution >= 0.6 is 0 Å². The number of hydrogen-bond acceptors (Lipinski definition) is 5. The Morgan fingerprint density at radius 1 is 1.00 bits per heavy atom. The molecule has 0 unspecified atom stereocenters. The van der Waals surface area contributed by atoms with E-state index in [0.29, 0.717) is 32.3 Å². The van der Waals surface area contributed by atoms with Gasteiger partial charge >= 0.3 is 14.9 Å². The summed E-state index contributed by atoms with van der Waals surface area (Å²) in [6, 6.07) is 0. The number of nitrogens with one attached hydrogen (secondary N) is 1. The van der Waals surface area contributed by atoms with Crippen LogP contribution in [0.3, 0.4) is 0 Å². The largest absolute Gasteiger partial charge is 0.521 e. The van der Waals surface area contributed by atoms with Gasteiger partial charge in [0.15, 0.2) is 0 Å². The van der Waals surface area contributed by atoms with E-state index in [0.717, 1.165) is 12.8 Å². The van der Waals surface area contributed by atoms with E-state index < -0.39 is 14.9 Å². The summed E-state index contributed by atoms with van der Waals surface area (Å²) in [7, 11) is -2.84. The van der Waals surface area contributed by atoms with Crippen molar-refractivity contribution in [2.75, 3.05) is 32.6 Å². The minimum Gasteiger partial charge on any atom is -0.449 e. The Morgan fingerprint density at radius 3 is 2.05 bits per heavy atom. The highest BCUT2D eigenvalue weighted by molar-refractivity contribution is 6.61. The molecule has 1 fully saturated rings. The minimum atomic E-state index is -2.84. The minimum absolute atomic E-state index is 0.242. The van der Waals surface area contributed by atoms with Crippen LogP contribution in [0.5, 0.6) is 0 Å². The molecule has 0 spiro atoms. The van der Waals surface area contributed by atoms with Gasteiger partial charge in [-0.15, -0.1) is 0 Å². The predicted octanol–water partition coefficient (Wildman–Crippen LogP) is 2.88. The fraction of sp³-hybridized carbons (Fsp3) is 0.933. The monoisotopic (exact) mass is 333 g/mol. The summed E-state index contributed by atoms with van der Waals surface area (Å²) in [6.07, 6.45) is 5.92. The summed E-state index contributed by atoms with van der Waals surface area (Å²) in [6.45, 7) is 7.64. The second kappa shape index (κ2) is 11.0. The van der Waals surface area contributed by atoms with E-state index in [9.17, 15) is 4.79 Å². The van der Waals surface area contributed by atoms with Gasteiger partial charge in [-0.3, -0.25) is 0 Å². The number of amides is 1. The molecule has 7 heteroatoms. The number of carbonyl (C=O) groups excluding carboxylic acids is 1. The van der Waals surface area contributed by atoms with Gasteiger partial charge in [-0.25, -0.2) is 4.79 Å². The molecule has 1 amide bonds. The average molecular weight is 334 g/mol. The van der Waals surface area contributed by atoms with Crippen LogP contribution in [0.15, 0.2) is 0 Å². The maximum absolute atomic E-state index is 11.9. The summed E-state index contributed by atoms with van der Waals surface area (Å²) < 4.78 is 22.4. The third-order valence-corrected chi connectivity index (χ3v) is 6.51. The fourth-order valence-electron chi connectivity index (χ4n) is 2.72. The Kier molecular flexibility index (Phi) is 9.70. The number of carbonyl (C=O) groups is 1. The zero-order valence-corrected chi connectivity index (χ0v) is 15.2. The van der Waals surface area contributed by atoms with E-state index in [-0.39, 0.29) is 6.17 Å². The van der Waals surface area contributed by atoms with Gasteiger partial charge in [0, 0.05) is 19.8 Å². The molecule has 0 bridgehead atoms.